The summed E-state index contributed by atoms with van der Waals surface area (Å²) in [5.74, 6) is 0.520. The summed E-state index contributed by atoms with van der Waals surface area (Å²) in [5, 5.41) is 3.68. The molecule has 0 N–H and O–H groups in total. The summed E-state index contributed by atoms with van der Waals surface area (Å²) in [6, 6.07) is 2.27. The van der Waals surface area contributed by atoms with Crippen LogP contribution in [0.1, 0.15) is 42.7 Å². The van der Waals surface area contributed by atoms with E-state index < -0.39 is 0 Å². The molecule has 1 aromatic heterocycles. The van der Waals surface area contributed by atoms with Crippen molar-refractivity contribution in [3.05, 3.63) is 11.8 Å². The van der Waals surface area contributed by atoms with Crippen LogP contribution in [0, 0.1) is 0 Å². The van der Waals surface area contributed by atoms with E-state index in [9.17, 15) is 4.79 Å². The van der Waals surface area contributed by atoms with E-state index in [4.69, 9.17) is 9.26 Å². The van der Waals surface area contributed by atoms with E-state index in [1.807, 2.05) is 4.90 Å². The second-order valence-corrected chi connectivity index (χ2v) is 5.85. The van der Waals surface area contributed by atoms with Gasteiger partial charge in [-0.3, -0.25) is 9.69 Å². The van der Waals surface area contributed by atoms with Crippen molar-refractivity contribution in [3.63, 3.8) is 0 Å². The van der Waals surface area contributed by atoms with Crippen LogP contribution in [0.2, 0.25) is 0 Å². The van der Waals surface area contributed by atoms with Crippen molar-refractivity contribution >= 4 is 5.91 Å². The highest BCUT2D eigenvalue weighted by Gasteiger charge is 2.28. The number of methoxy groups -OCH3 is 1. The molecule has 1 aliphatic heterocycles. The van der Waals surface area contributed by atoms with Gasteiger partial charge in [-0.15, -0.1) is 0 Å². The normalized spacial score (nSPS) is 21.5. The Morgan fingerprint density at radius 3 is 2.57 bits per heavy atom. The Morgan fingerprint density at radius 1 is 1.24 bits per heavy atom. The monoisotopic (exact) mass is 293 g/mol. The third-order valence-corrected chi connectivity index (χ3v) is 4.60. The number of hydrogen-bond acceptors (Lipinski definition) is 5. The van der Waals surface area contributed by atoms with Gasteiger partial charge in [-0.2, -0.15) is 0 Å². The number of carbonyl (C=O) groups is 1. The minimum absolute atomic E-state index is 0.0888. The lowest BCUT2D eigenvalue weighted by Gasteiger charge is -2.40. The summed E-state index contributed by atoms with van der Waals surface area (Å²) in [7, 11) is 1.51. The Bertz CT molecular complexity index is 474. The van der Waals surface area contributed by atoms with Gasteiger partial charge >= 0.3 is 0 Å². The molecule has 6 nitrogen and oxygen atoms in total. The summed E-state index contributed by atoms with van der Waals surface area (Å²) in [6.45, 7) is 3.44. The first-order valence-corrected chi connectivity index (χ1v) is 7.82. The van der Waals surface area contributed by atoms with E-state index in [0.29, 0.717) is 5.88 Å². The van der Waals surface area contributed by atoms with Crippen LogP contribution in [0.4, 0.5) is 0 Å². The third kappa shape index (κ3) is 3.20. The fourth-order valence-electron chi connectivity index (χ4n) is 3.35. The molecule has 116 valence electrons. The predicted octanol–water partition coefficient (Wildman–Crippen LogP) is 1.77. The van der Waals surface area contributed by atoms with Crippen molar-refractivity contribution in [1.82, 2.24) is 15.0 Å². The fraction of sp³-hybridized carbons (Fsp3) is 0.733. The number of piperazine rings is 1. The van der Waals surface area contributed by atoms with Crippen molar-refractivity contribution in [2.75, 3.05) is 33.3 Å². The predicted molar refractivity (Wildman–Crippen MR) is 77.4 cm³/mol. The van der Waals surface area contributed by atoms with Crippen molar-refractivity contribution in [3.8, 4) is 5.88 Å². The Balaban J connectivity index is 1.53. The van der Waals surface area contributed by atoms with Crippen LogP contribution in [-0.2, 0) is 0 Å². The van der Waals surface area contributed by atoms with Gasteiger partial charge in [0, 0.05) is 32.2 Å². The van der Waals surface area contributed by atoms with Crippen molar-refractivity contribution < 1.29 is 14.1 Å². The van der Waals surface area contributed by atoms with Crippen LogP contribution < -0.4 is 4.74 Å². The third-order valence-electron chi connectivity index (χ3n) is 4.60. The zero-order valence-electron chi connectivity index (χ0n) is 12.6. The topological polar surface area (TPSA) is 58.8 Å². The van der Waals surface area contributed by atoms with E-state index in [1.165, 1.54) is 39.2 Å². The molecule has 0 aromatic carbocycles. The molecule has 1 amide bonds. The van der Waals surface area contributed by atoms with Gasteiger partial charge in [0.2, 0.25) is 5.76 Å². The standard InChI is InChI=1S/C15H23N3O3/c1-20-14-11-13(21-16-14)15(19)18-9-7-17(8-10-18)12-5-3-2-4-6-12/h11-12H,2-10H2,1H3. The van der Waals surface area contributed by atoms with E-state index in [2.05, 4.69) is 10.1 Å². The average molecular weight is 293 g/mol. The van der Waals surface area contributed by atoms with Crippen LogP contribution in [0.5, 0.6) is 5.88 Å². The van der Waals surface area contributed by atoms with Crippen LogP contribution in [0.3, 0.4) is 0 Å². The maximum Gasteiger partial charge on any atom is 0.292 e. The highest BCUT2D eigenvalue weighted by Crippen LogP contribution is 2.24. The lowest BCUT2D eigenvalue weighted by molar-refractivity contribution is 0.0489. The Hall–Kier alpha value is -1.56. The average Bonchev–Trinajstić information content (AvgIpc) is 3.04. The molecule has 21 heavy (non-hydrogen) atoms. The summed E-state index contributed by atoms with van der Waals surface area (Å²) in [4.78, 5) is 16.7. The number of nitrogens with zero attached hydrogens (tertiary/aromatic N) is 3. The minimum Gasteiger partial charge on any atom is -0.479 e. The minimum atomic E-state index is -0.0888. The zero-order valence-corrected chi connectivity index (χ0v) is 12.6. The van der Waals surface area contributed by atoms with Gasteiger partial charge in [-0.05, 0) is 18.0 Å². The molecule has 2 heterocycles. The summed E-state index contributed by atoms with van der Waals surface area (Å²) < 4.78 is 9.98. The molecule has 0 radical (unpaired) electrons. The van der Waals surface area contributed by atoms with Gasteiger partial charge in [0.1, 0.15) is 0 Å². The van der Waals surface area contributed by atoms with Crippen LogP contribution in [-0.4, -0.2) is 60.2 Å². The maximum atomic E-state index is 12.3. The lowest BCUT2D eigenvalue weighted by Crippen LogP contribution is -2.52. The van der Waals surface area contributed by atoms with E-state index >= 15 is 0 Å². The first kappa shape index (κ1) is 14.4. The SMILES string of the molecule is COc1cc(C(=O)N2CCN(C3CCCCC3)CC2)on1. The number of rotatable bonds is 3. The van der Waals surface area contributed by atoms with Crippen LogP contribution >= 0.6 is 0 Å². The second-order valence-electron chi connectivity index (χ2n) is 5.85. The van der Waals surface area contributed by atoms with Gasteiger partial charge in [-0.25, -0.2) is 0 Å². The van der Waals surface area contributed by atoms with E-state index in [-0.39, 0.29) is 11.7 Å². The molecule has 1 saturated carbocycles. The van der Waals surface area contributed by atoms with E-state index in [1.54, 1.807) is 6.07 Å². The first-order valence-electron chi connectivity index (χ1n) is 7.82. The van der Waals surface area contributed by atoms with Gasteiger partial charge in [0.25, 0.3) is 11.8 Å². The first-order chi connectivity index (χ1) is 10.3. The van der Waals surface area contributed by atoms with E-state index in [0.717, 1.165) is 32.2 Å². The molecule has 2 aliphatic rings. The Labute approximate surface area is 125 Å². The lowest BCUT2D eigenvalue weighted by atomic mass is 9.94. The number of carbonyl (C=O) groups excluding carboxylic acids is 1. The highest BCUT2D eigenvalue weighted by molar-refractivity contribution is 5.91. The van der Waals surface area contributed by atoms with Crippen molar-refractivity contribution in [2.45, 2.75) is 38.1 Å². The molecule has 0 unspecified atom stereocenters. The quantitative estimate of drug-likeness (QED) is 0.850. The van der Waals surface area contributed by atoms with Gasteiger partial charge in [0.15, 0.2) is 0 Å². The maximum absolute atomic E-state index is 12.3. The smallest absolute Gasteiger partial charge is 0.292 e. The number of hydrogen-bond donors (Lipinski definition) is 0. The molecule has 0 bridgehead atoms. The van der Waals surface area contributed by atoms with Gasteiger partial charge < -0.3 is 14.2 Å². The number of ether oxygens (including phenoxy) is 1. The molecule has 1 saturated heterocycles. The van der Waals surface area contributed by atoms with Crippen molar-refractivity contribution in [2.24, 2.45) is 0 Å². The Morgan fingerprint density at radius 2 is 1.95 bits per heavy atom. The van der Waals surface area contributed by atoms with Gasteiger partial charge in [-0.1, -0.05) is 19.3 Å². The highest BCUT2D eigenvalue weighted by atomic mass is 16.5. The summed E-state index contributed by atoms with van der Waals surface area (Å²) in [6.07, 6.45) is 6.70. The number of amides is 1. The molecule has 1 aromatic rings. The Kier molecular flexibility index (Phi) is 4.43. The largest absolute Gasteiger partial charge is 0.479 e. The van der Waals surface area contributed by atoms with Crippen LogP contribution in [0.25, 0.3) is 0 Å². The van der Waals surface area contributed by atoms with Crippen molar-refractivity contribution in [1.29, 1.82) is 0 Å². The number of aromatic nitrogens is 1. The fourth-order valence-corrected chi connectivity index (χ4v) is 3.35. The molecule has 1 aliphatic carbocycles. The molecule has 2 fully saturated rings. The zero-order chi connectivity index (χ0) is 14.7. The molecule has 0 spiro atoms. The van der Waals surface area contributed by atoms with Gasteiger partial charge in [0.05, 0.1) is 13.2 Å². The molecule has 6 heteroatoms. The summed E-state index contributed by atoms with van der Waals surface area (Å²) in [5.41, 5.74) is 0. The summed E-state index contributed by atoms with van der Waals surface area (Å²) >= 11 is 0. The van der Waals surface area contributed by atoms with Crippen LogP contribution in [0.15, 0.2) is 10.6 Å². The molecular formula is C15H23N3O3. The molecule has 3 rings (SSSR count). The molecular weight excluding hydrogens is 270 g/mol. The molecule has 0 atom stereocenters. The second kappa shape index (κ2) is 6.47.